The molecule has 2 N–H and O–H groups in total. The largest absolute Gasteiger partial charge is 0.352 e. The molecule has 0 radical (unpaired) electrons. The fraction of sp³-hybridized carbons (Fsp3) is 0.391. The molecule has 1 atom stereocenters. The van der Waals surface area contributed by atoms with Crippen LogP contribution < -0.4 is 10.6 Å². The fourth-order valence-electron chi connectivity index (χ4n) is 2.89. The van der Waals surface area contributed by atoms with Gasteiger partial charge in [-0.2, -0.15) is 0 Å². The minimum Gasteiger partial charge on any atom is -0.352 e. The van der Waals surface area contributed by atoms with Gasteiger partial charge >= 0.3 is 0 Å². The van der Waals surface area contributed by atoms with Crippen LogP contribution in [0.4, 0.5) is 5.69 Å². The molecule has 0 saturated heterocycles. The molecule has 4 heteroatoms. The second-order valence-electron chi connectivity index (χ2n) is 7.39. The third kappa shape index (κ3) is 6.24. The number of carbonyl (C=O) groups is 2. The van der Waals surface area contributed by atoms with E-state index in [2.05, 4.69) is 36.6 Å². The third-order valence-corrected chi connectivity index (χ3v) is 4.44. The Morgan fingerprint density at radius 2 is 1.70 bits per heavy atom. The van der Waals surface area contributed by atoms with E-state index in [0.717, 1.165) is 18.4 Å². The molecule has 0 aliphatic rings. The Morgan fingerprint density at radius 1 is 1.00 bits per heavy atom. The molecule has 144 valence electrons. The zero-order chi connectivity index (χ0) is 19.8. The van der Waals surface area contributed by atoms with E-state index in [1.807, 2.05) is 26.0 Å². The van der Waals surface area contributed by atoms with Crippen molar-refractivity contribution in [1.29, 1.82) is 0 Å². The van der Waals surface area contributed by atoms with E-state index >= 15 is 0 Å². The molecule has 2 aromatic carbocycles. The van der Waals surface area contributed by atoms with Crippen molar-refractivity contribution >= 4 is 17.5 Å². The molecular weight excluding hydrogens is 336 g/mol. The molecule has 0 aliphatic carbocycles. The molecular formula is C23H30N2O2. The first kappa shape index (κ1) is 20.7. The topological polar surface area (TPSA) is 58.2 Å². The molecule has 0 saturated carbocycles. The Bertz CT molecular complexity index is 766. The molecule has 0 aromatic heterocycles. The molecule has 2 rings (SSSR count). The summed E-state index contributed by atoms with van der Waals surface area (Å²) in [4.78, 5) is 24.7. The Balaban J connectivity index is 2.02. The smallest absolute Gasteiger partial charge is 0.251 e. The van der Waals surface area contributed by atoms with Crippen LogP contribution >= 0.6 is 0 Å². The Kier molecular flexibility index (Phi) is 7.59. The zero-order valence-electron chi connectivity index (χ0n) is 16.7. The van der Waals surface area contributed by atoms with Crippen molar-refractivity contribution < 1.29 is 9.59 Å². The van der Waals surface area contributed by atoms with Gasteiger partial charge in [0.25, 0.3) is 5.91 Å². The third-order valence-electron chi connectivity index (χ3n) is 4.44. The standard InChI is InChI=1S/C23H30N2O2/c1-5-13-24-23(27)20-7-6-8-21(15-20)25-22(26)17(4)19-11-9-18(10-12-19)14-16(2)3/h6-12,15-17H,5,13-14H2,1-4H3,(H,24,27)(H,25,26). The van der Waals surface area contributed by atoms with Gasteiger partial charge in [-0.3, -0.25) is 9.59 Å². The number of nitrogens with one attached hydrogen (secondary N) is 2. The molecule has 0 aliphatic heterocycles. The molecule has 0 spiro atoms. The average molecular weight is 367 g/mol. The minimum atomic E-state index is -0.268. The molecule has 0 bridgehead atoms. The lowest BCUT2D eigenvalue weighted by molar-refractivity contribution is -0.117. The van der Waals surface area contributed by atoms with E-state index in [9.17, 15) is 9.59 Å². The average Bonchev–Trinajstić information content (AvgIpc) is 2.65. The molecule has 2 aromatic rings. The van der Waals surface area contributed by atoms with Gasteiger partial charge in [0.15, 0.2) is 0 Å². The first-order valence-corrected chi connectivity index (χ1v) is 9.68. The molecule has 2 amide bonds. The predicted octanol–water partition coefficient (Wildman–Crippen LogP) is 4.77. The Morgan fingerprint density at radius 3 is 2.33 bits per heavy atom. The van der Waals surface area contributed by atoms with Crippen molar-refractivity contribution in [3.05, 3.63) is 65.2 Å². The highest BCUT2D eigenvalue weighted by molar-refractivity contribution is 5.98. The van der Waals surface area contributed by atoms with Gasteiger partial charge in [0, 0.05) is 17.8 Å². The van der Waals surface area contributed by atoms with Gasteiger partial charge in [-0.15, -0.1) is 0 Å². The van der Waals surface area contributed by atoms with Crippen LogP contribution in [0.1, 0.15) is 61.5 Å². The summed E-state index contributed by atoms with van der Waals surface area (Å²) in [5, 5.41) is 5.76. The number of anilines is 1. The number of carbonyl (C=O) groups excluding carboxylic acids is 2. The number of amides is 2. The zero-order valence-corrected chi connectivity index (χ0v) is 16.7. The summed E-state index contributed by atoms with van der Waals surface area (Å²) >= 11 is 0. The van der Waals surface area contributed by atoms with E-state index in [1.54, 1.807) is 24.3 Å². The number of hydrogen-bond donors (Lipinski definition) is 2. The second-order valence-corrected chi connectivity index (χ2v) is 7.39. The fourth-order valence-corrected chi connectivity index (χ4v) is 2.89. The van der Waals surface area contributed by atoms with Gasteiger partial charge in [0.1, 0.15) is 0 Å². The second kappa shape index (κ2) is 9.91. The monoisotopic (exact) mass is 366 g/mol. The van der Waals surface area contributed by atoms with E-state index in [0.29, 0.717) is 23.7 Å². The van der Waals surface area contributed by atoms with Crippen LogP contribution in [0.15, 0.2) is 48.5 Å². The lowest BCUT2D eigenvalue weighted by Crippen LogP contribution is -2.24. The number of benzene rings is 2. The number of rotatable bonds is 8. The summed E-state index contributed by atoms with van der Waals surface area (Å²) < 4.78 is 0. The van der Waals surface area contributed by atoms with Crippen molar-refractivity contribution in [1.82, 2.24) is 5.32 Å². The van der Waals surface area contributed by atoms with Gasteiger partial charge in [0.2, 0.25) is 5.91 Å². The lowest BCUT2D eigenvalue weighted by atomic mass is 9.96. The predicted molar refractivity (Wildman–Crippen MR) is 111 cm³/mol. The van der Waals surface area contributed by atoms with Gasteiger partial charge < -0.3 is 10.6 Å². The first-order chi connectivity index (χ1) is 12.9. The molecule has 27 heavy (non-hydrogen) atoms. The highest BCUT2D eigenvalue weighted by Crippen LogP contribution is 2.20. The van der Waals surface area contributed by atoms with Crippen LogP contribution in [-0.2, 0) is 11.2 Å². The van der Waals surface area contributed by atoms with E-state index in [-0.39, 0.29) is 17.7 Å². The maximum Gasteiger partial charge on any atom is 0.251 e. The number of hydrogen-bond acceptors (Lipinski definition) is 2. The van der Waals surface area contributed by atoms with Crippen molar-refractivity contribution in [2.24, 2.45) is 5.92 Å². The summed E-state index contributed by atoms with van der Waals surface area (Å²) in [6, 6.07) is 15.3. The van der Waals surface area contributed by atoms with Gasteiger partial charge in [-0.25, -0.2) is 0 Å². The summed E-state index contributed by atoms with van der Waals surface area (Å²) in [5.41, 5.74) is 3.45. The lowest BCUT2D eigenvalue weighted by Gasteiger charge is -2.14. The van der Waals surface area contributed by atoms with Crippen LogP contribution in [0.2, 0.25) is 0 Å². The molecule has 0 heterocycles. The molecule has 1 unspecified atom stereocenters. The highest BCUT2D eigenvalue weighted by Gasteiger charge is 2.16. The minimum absolute atomic E-state index is 0.0854. The Labute approximate surface area is 162 Å². The Hall–Kier alpha value is -2.62. The molecule has 0 fully saturated rings. The summed E-state index contributed by atoms with van der Waals surface area (Å²) in [6.07, 6.45) is 1.92. The van der Waals surface area contributed by atoms with Gasteiger partial charge in [-0.05, 0) is 55.0 Å². The van der Waals surface area contributed by atoms with Gasteiger partial charge in [-0.1, -0.05) is 51.1 Å². The summed E-state index contributed by atoms with van der Waals surface area (Å²) in [7, 11) is 0. The maximum atomic E-state index is 12.6. The first-order valence-electron chi connectivity index (χ1n) is 9.68. The van der Waals surface area contributed by atoms with Crippen molar-refractivity contribution in [3.63, 3.8) is 0 Å². The summed E-state index contributed by atoms with van der Waals surface area (Å²) in [6.45, 7) is 8.93. The van der Waals surface area contributed by atoms with E-state index in [1.165, 1.54) is 5.56 Å². The van der Waals surface area contributed by atoms with Crippen LogP contribution in [0.25, 0.3) is 0 Å². The SMILES string of the molecule is CCCNC(=O)c1cccc(NC(=O)C(C)c2ccc(CC(C)C)cc2)c1. The van der Waals surface area contributed by atoms with E-state index < -0.39 is 0 Å². The van der Waals surface area contributed by atoms with Crippen LogP contribution in [0.5, 0.6) is 0 Å². The van der Waals surface area contributed by atoms with Crippen LogP contribution in [-0.4, -0.2) is 18.4 Å². The van der Waals surface area contributed by atoms with Crippen molar-refractivity contribution in [3.8, 4) is 0 Å². The quantitative estimate of drug-likeness (QED) is 0.707. The van der Waals surface area contributed by atoms with Crippen molar-refractivity contribution in [2.45, 2.75) is 46.5 Å². The van der Waals surface area contributed by atoms with Crippen LogP contribution in [0, 0.1) is 5.92 Å². The van der Waals surface area contributed by atoms with Crippen molar-refractivity contribution in [2.75, 3.05) is 11.9 Å². The normalized spacial score (nSPS) is 11.9. The summed E-state index contributed by atoms with van der Waals surface area (Å²) in [5.74, 6) is 0.133. The van der Waals surface area contributed by atoms with E-state index in [4.69, 9.17) is 0 Å². The van der Waals surface area contributed by atoms with Gasteiger partial charge in [0.05, 0.1) is 5.92 Å². The highest BCUT2D eigenvalue weighted by atomic mass is 16.2. The molecule has 4 nitrogen and oxygen atoms in total. The maximum absolute atomic E-state index is 12.6. The van der Waals surface area contributed by atoms with Crippen LogP contribution in [0.3, 0.4) is 0 Å².